The van der Waals surface area contributed by atoms with Crippen LogP contribution in [0.25, 0.3) is 0 Å². The summed E-state index contributed by atoms with van der Waals surface area (Å²) in [6.45, 7) is 0.179. The molecule has 1 aromatic carbocycles. The van der Waals surface area contributed by atoms with Crippen LogP contribution < -0.4 is 4.72 Å². The lowest BCUT2D eigenvalue weighted by atomic mass is 10.2. The Bertz CT molecular complexity index is 920. The third kappa shape index (κ3) is 5.66. The van der Waals surface area contributed by atoms with E-state index in [0.29, 0.717) is 17.1 Å². The summed E-state index contributed by atoms with van der Waals surface area (Å²) in [6, 6.07) is 9.33. The Morgan fingerprint density at radius 1 is 1.11 bits per heavy atom. The third-order valence-electron chi connectivity index (χ3n) is 4.09. The van der Waals surface area contributed by atoms with E-state index in [1.54, 1.807) is 23.7 Å². The molecule has 0 fully saturated rings. The number of hydrogen-bond acceptors (Lipinski definition) is 5. The van der Waals surface area contributed by atoms with Crippen molar-refractivity contribution < 1.29 is 22.7 Å². The maximum Gasteiger partial charge on any atom is 0.305 e. The van der Waals surface area contributed by atoms with Crippen LogP contribution in [0.4, 0.5) is 0 Å². The van der Waals surface area contributed by atoms with Gasteiger partial charge in [-0.1, -0.05) is 11.6 Å². The molecule has 0 aliphatic rings. The summed E-state index contributed by atoms with van der Waals surface area (Å²) in [4.78, 5) is 23.5. The summed E-state index contributed by atoms with van der Waals surface area (Å²) < 4.78 is 33.3. The number of aromatic nitrogens is 1. The molecular formula is C18H21ClN2O5S. The van der Waals surface area contributed by atoms with Crippen molar-refractivity contribution in [2.24, 2.45) is 7.05 Å². The second kappa shape index (κ2) is 9.16. The van der Waals surface area contributed by atoms with E-state index in [-0.39, 0.29) is 30.1 Å². The minimum atomic E-state index is -3.63. The first kappa shape index (κ1) is 21.1. The van der Waals surface area contributed by atoms with Crippen molar-refractivity contribution in [1.82, 2.24) is 9.29 Å². The number of carbonyl (C=O) groups excluding carboxylic acids is 2. The van der Waals surface area contributed by atoms with Gasteiger partial charge in [0, 0.05) is 37.2 Å². The Kier molecular flexibility index (Phi) is 7.18. The van der Waals surface area contributed by atoms with Crippen LogP contribution >= 0.6 is 11.6 Å². The highest BCUT2D eigenvalue weighted by molar-refractivity contribution is 7.89. The minimum Gasteiger partial charge on any atom is -0.469 e. The molecule has 1 heterocycles. The summed E-state index contributed by atoms with van der Waals surface area (Å²) in [5.74, 6) is -0.606. The van der Waals surface area contributed by atoms with E-state index < -0.39 is 16.0 Å². The molecule has 1 aromatic heterocycles. The summed E-state index contributed by atoms with van der Waals surface area (Å²) in [5.41, 5.74) is 1.27. The zero-order valence-corrected chi connectivity index (χ0v) is 16.6. The van der Waals surface area contributed by atoms with Crippen LogP contribution in [-0.4, -0.2) is 38.4 Å². The van der Waals surface area contributed by atoms with Gasteiger partial charge in [-0.25, -0.2) is 13.1 Å². The smallest absolute Gasteiger partial charge is 0.305 e. The first-order chi connectivity index (χ1) is 12.7. The highest BCUT2D eigenvalue weighted by Gasteiger charge is 2.16. The lowest BCUT2D eigenvalue weighted by molar-refractivity contribution is -0.140. The number of hydrogen-bond donors (Lipinski definition) is 1. The van der Waals surface area contributed by atoms with E-state index in [2.05, 4.69) is 9.46 Å². The van der Waals surface area contributed by atoms with Crippen LogP contribution in [0, 0.1) is 0 Å². The van der Waals surface area contributed by atoms with Crippen molar-refractivity contribution in [3.63, 3.8) is 0 Å². The first-order valence-corrected chi connectivity index (χ1v) is 10.1. The van der Waals surface area contributed by atoms with Gasteiger partial charge in [0.1, 0.15) is 0 Å². The van der Waals surface area contributed by atoms with Crippen molar-refractivity contribution in [2.45, 2.75) is 24.2 Å². The molecule has 2 rings (SSSR count). The van der Waals surface area contributed by atoms with Crippen molar-refractivity contribution in [3.05, 3.63) is 52.8 Å². The predicted octanol–water partition coefficient (Wildman–Crippen LogP) is 2.34. The summed E-state index contributed by atoms with van der Waals surface area (Å²) in [7, 11) is -0.620. The fourth-order valence-corrected chi connectivity index (χ4v) is 3.70. The van der Waals surface area contributed by atoms with E-state index in [4.69, 9.17) is 11.6 Å². The van der Waals surface area contributed by atoms with Crippen LogP contribution in [0.5, 0.6) is 0 Å². The molecule has 2 aromatic rings. The van der Waals surface area contributed by atoms with E-state index in [9.17, 15) is 18.0 Å². The fourth-order valence-electron chi connectivity index (χ4n) is 2.54. The number of nitrogens with one attached hydrogen (secondary N) is 1. The number of rotatable bonds is 9. The Morgan fingerprint density at radius 2 is 1.78 bits per heavy atom. The molecule has 146 valence electrons. The molecule has 0 unspecified atom stereocenters. The number of sulfonamides is 1. The van der Waals surface area contributed by atoms with Gasteiger partial charge in [-0.2, -0.15) is 0 Å². The van der Waals surface area contributed by atoms with E-state index in [1.165, 1.54) is 31.4 Å². The number of ether oxygens (including phenoxy) is 1. The number of halogens is 1. The number of esters is 1. The van der Waals surface area contributed by atoms with Crippen LogP contribution in [0.3, 0.4) is 0 Å². The standard InChI is InChI=1S/C18H21ClN2O5S/c1-21-14(5-8-16(21)17(22)9-10-18(23)26-2)11-12-20-27(24,25)15-6-3-13(19)4-7-15/h3-8,20H,9-12H2,1-2H3. The number of Topliss-reactive ketones (excluding diaryl/α,β-unsaturated/α-hetero) is 1. The molecule has 1 N–H and O–H groups in total. The average molecular weight is 413 g/mol. The molecule has 0 spiro atoms. The van der Waals surface area contributed by atoms with Gasteiger partial charge in [0.25, 0.3) is 0 Å². The number of carbonyl (C=O) groups is 2. The molecule has 0 saturated heterocycles. The Hall–Kier alpha value is -2.16. The predicted molar refractivity (Wildman–Crippen MR) is 101 cm³/mol. The van der Waals surface area contributed by atoms with Crippen molar-refractivity contribution in [3.8, 4) is 0 Å². The topological polar surface area (TPSA) is 94.5 Å². The van der Waals surface area contributed by atoms with Gasteiger partial charge >= 0.3 is 5.97 Å². The van der Waals surface area contributed by atoms with Gasteiger partial charge in [0.05, 0.1) is 24.1 Å². The average Bonchev–Trinajstić information content (AvgIpc) is 3.00. The lowest BCUT2D eigenvalue weighted by Gasteiger charge is -2.09. The minimum absolute atomic E-state index is 0.0245. The van der Waals surface area contributed by atoms with Crippen molar-refractivity contribution >= 4 is 33.4 Å². The van der Waals surface area contributed by atoms with E-state index in [1.807, 2.05) is 0 Å². The van der Waals surface area contributed by atoms with Crippen LogP contribution in [0.1, 0.15) is 29.0 Å². The van der Waals surface area contributed by atoms with E-state index >= 15 is 0 Å². The van der Waals surface area contributed by atoms with Gasteiger partial charge < -0.3 is 9.30 Å². The maximum atomic E-state index is 12.3. The van der Waals surface area contributed by atoms with Gasteiger partial charge in [0.2, 0.25) is 10.0 Å². The Labute approximate surface area is 163 Å². The fraction of sp³-hybridized carbons (Fsp3) is 0.333. The highest BCUT2D eigenvalue weighted by atomic mass is 35.5. The zero-order valence-electron chi connectivity index (χ0n) is 15.1. The normalized spacial score (nSPS) is 11.4. The molecule has 9 heteroatoms. The van der Waals surface area contributed by atoms with Gasteiger partial charge in [0.15, 0.2) is 5.78 Å². The highest BCUT2D eigenvalue weighted by Crippen LogP contribution is 2.15. The maximum absolute atomic E-state index is 12.3. The summed E-state index contributed by atoms with van der Waals surface area (Å²) in [6.07, 6.45) is 0.498. The van der Waals surface area contributed by atoms with Gasteiger partial charge in [-0.3, -0.25) is 9.59 Å². The Morgan fingerprint density at radius 3 is 2.41 bits per heavy atom. The molecule has 0 amide bonds. The zero-order chi connectivity index (χ0) is 20.0. The van der Waals surface area contributed by atoms with Crippen molar-refractivity contribution in [1.29, 1.82) is 0 Å². The molecule has 0 aliphatic heterocycles. The van der Waals surface area contributed by atoms with Crippen LogP contribution in [0.2, 0.25) is 5.02 Å². The van der Waals surface area contributed by atoms with Gasteiger partial charge in [-0.15, -0.1) is 0 Å². The molecular weight excluding hydrogens is 392 g/mol. The second-order valence-electron chi connectivity index (χ2n) is 5.87. The quantitative estimate of drug-likeness (QED) is 0.504. The lowest BCUT2D eigenvalue weighted by Crippen LogP contribution is -2.26. The largest absolute Gasteiger partial charge is 0.469 e. The molecule has 27 heavy (non-hydrogen) atoms. The molecule has 0 atom stereocenters. The monoisotopic (exact) mass is 412 g/mol. The first-order valence-electron chi connectivity index (χ1n) is 8.24. The second-order valence-corrected chi connectivity index (χ2v) is 8.07. The third-order valence-corrected chi connectivity index (χ3v) is 5.82. The number of benzene rings is 1. The SMILES string of the molecule is COC(=O)CCC(=O)c1ccc(CCNS(=O)(=O)c2ccc(Cl)cc2)n1C. The van der Waals surface area contributed by atoms with E-state index in [0.717, 1.165) is 5.69 Å². The summed E-state index contributed by atoms with van der Waals surface area (Å²) >= 11 is 5.77. The Balaban J connectivity index is 1.95. The molecule has 0 saturated carbocycles. The summed E-state index contributed by atoms with van der Waals surface area (Å²) in [5, 5.41) is 0.460. The molecule has 0 radical (unpaired) electrons. The van der Waals surface area contributed by atoms with Crippen LogP contribution in [-0.2, 0) is 33.0 Å². The van der Waals surface area contributed by atoms with Crippen LogP contribution in [0.15, 0.2) is 41.3 Å². The number of methoxy groups -OCH3 is 1. The van der Waals surface area contributed by atoms with Crippen molar-refractivity contribution in [2.75, 3.05) is 13.7 Å². The number of ketones is 1. The molecule has 0 aliphatic carbocycles. The molecule has 0 bridgehead atoms. The molecule has 7 nitrogen and oxygen atoms in total. The number of nitrogens with zero attached hydrogens (tertiary/aromatic N) is 1. The van der Waals surface area contributed by atoms with Gasteiger partial charge in [-0.05, 0) is 36.4 Å².